The lowest BCUT2D eigenvalue weighted by Gasteiger charge is -2.20. The fourth-order valence-electron chi connectivity index (χ4n) is 1.25. The van der Waals surface area contributed by atoms with E-state index in [-0.39, 0.29) is 11.2 Å². The summed E-state index contributed by atoms with van der Waals surface area (Å²) in [6.45, 7) is 8.14. The van der Waals surface area contributed by atoms with Gasteiger partial charge in [0.2, 0.25) is 0 Å². The summed E-state index contributed by atoms with van der Waals surface area (Å²) in [6, 6.07) is 3.78. The number of benzene rings is 1. The molecule has 0 bridgehead atoms. The number of rotatable bonds is 1. The standard InChI is InChI=1S/C11H16O2S/c1-7-5-8(11(2,3)4)6-9(14-13)10(7)12/h5-6,12-13H,1-4H3. The monoisotopic (exact) mass is 212 g/mol. The SMILES string of the molecule is Cc1cc(C(C)(C)C)cc(SO)c1O. The van der Waals surface area contributed by atoms with Crippen LogP contribution in [-0.4, -0.2) is 9.66 Å². The Hall–Kier alpha value is -0.670. The molecular formula is C11H16O2S. The summed E-state index contributed by atoms with van der Waals surface area (Å²) in [5.41, 5.74) is 1.95. The zero-order valence-corrected chi connectivity index (χ0v) is 9.77. The second-order valence-electron chi connectivity index (χ2n) is 4.48. The number of phenolic OH excluding ortho intramolecular Hbond substituents is 1. The van der Waals surface area contributed by atoms with Gasteiger partial charge in [-0.1, -0.05) is 26.8 Å². The smallest absolute Gasteiger partial charge is 0.134 e. The van der Waals surface area contributed by atoms with Crippen molar-refractivity contribution in [3.63, 3.8) is 0 Å². The summed E-state index contributed by atoms with van der Waals surface area (Å²) in [4.78, 5) is 0.523. The summed E-state index contributed by atoms with van der Waals surface area (Å²) in [6.07, 6.45) is 0. The summed E-state index contributed by atoms with van der Waals surface area (Å²) in [7, 11) is 0. The summed E-state index contributed by atoms with van der Waals surface area (Å²) >= 11 is 0.590. The molecule has 0 radical (unpaired) electrons. The number of phenols is 1. The minimum Gasteiger partial charge on any atom is -0.506 e. The highest BCUT2D eigenvalue weighted by molar-refractivity contribution is 7.93. The molecule has 2 N–H and O–H groups in total. The van der Waals surface area contributed by atoms with Crippen LogP contribution in [0.2, 0.25) is 0 Å². The second kappa shape index (κ2) is 3.83. The molecule has 0 aliphatic rings. The molecule has 1 rings (SSSR count). The van der Waals surface area contributed by atoms with E-state index in [2.05, 4.69) is 20.8 Å². The molecule has 3 heteroatoms. The van der Waals surface area contributed by atoms with Crippen LogP contribution in [0.3, 0.4) is 0 Å². The molecule has 78 valence electrons. The average Bonchev–Trinajstić information content (AvgIpc) is 2.07. The highest BCUT2D eigenvalue weighted by atomic mass is 32.2. The second-order valence-corrected chi connectivity index (χ2v) is 5.10. The fraction of sp³-hybridized carbons (Fsp3) is 0.455. The fourth-order valence-corrected chi connectivity index (χ4v) is 1.68. The van der Waals surface area contributed by atoms with Gasteiger partial charge in [0, 0.05) is 12.0 Å². The lowest BCUT2D eigenvalue weighted by atomic mass is 9.86. The van der Waals surface area contributed by atoms with E-state index in [1.54, 1.807) is 0 Å². The number of hydrogen-bond acceptors (Lipinski definition) is 3. The van der Waals surface area contributed by atoms with Gasteiger partial charge in [0.25, 0.3) is 0 Å². The van der Waals surface area contributed by atoms with Gasteiger partial charge in [-0.05, 0) is 29.5 Å². The van der Waals surface area contributed by atoms with Gasteiger partial charge in [-0.2, -0.15) is 0 Å². The maximum atomic E-state index is 9.61. The minimum absolute atomic E-state index is 0.0307. The van der Waals surface area contributed by atoms with Gasteiger partial charge < -0.3 is 9.66 Å². The molecule has 0 saturated carbocycles. The van der Waals surface area contributed by atoms with Crippen LogP contribution in [0.4, 0.5) is 0 Å². The normalized spacial score (nSPS) is 11.8. The Labute approximate surface area is 89.2 Å². The van der Waals surface area contributed by atoms with Crippen LogP contribution in [0, 0.1) is 6.92 Å². The van der Waals surface area contributed by atoms with Gasteiger partial charge in [0.05, 0.1) is 4.90 Å². The maximum absolute atomic E-state index is 9.61. The van der Waals surface area contributed by atoms with E-state index in [0.717, 1.165) is 11.1 Å². The van der Waals surface area contributed by atoms with Crippen LogP contribution >= 0.6 is 12.0 Å². The molecule has 0 aliphatic heterocycles. The predicted octanol–water partition coefficient (Wildman–Crippen LogP) is 3.56. The zero-order chi connectivity index (χ0) is 10.9. The van der Waals surface area contributed by atoms with E-state index in [0.29, 0.717) is 16.9 Å². The quantitative estimate of drug-likeness (QED) is 0.699. The molecule has 1 aromatic rings. The lowest BCUT2D eigenvalue weighted by molar-refractivity contribution is 0.454. The molecule has 0 fully saturated rings. The zero-order valence-electron chi connectivity index (χ0n) is 8.96. The third-order valence-electron chi connectivity index (χ3n) is 2.23. The Morgan fingerprint density at radius 3 is 2.21 bits per heavy atom. The third-order valence-corrected chi connectivity index (χ3v) is 2.74. The van der Waals surface area contributed by atoms with Gasteiger partial charge >= 0.3 is 0 Å². The predicted molar refractivity (Wildman–Crippen MR) is 60.0 cm³/mol. The van der Waals surface area contributed by atoms with Gasteiger partial charge in [-0.15, -0.1) is 0 Å². The molecule has 0 aromatic heterocycles. The number of aryl methyl sites for hydroxylation is 1. The molecule has 0 heterocycles. The number of hydrogen-bond donors (Lipinski definition) is 2. The van der Waals surface area contributed by atoms with Crippen LogP contribution < -0.4 is 0 Å². The molecule has 0 unspecified atom stereocenters. The van der Waals surface area contributed by atoms with Crippen molar-refractivity contribution in [2.24, 2.45) is 0 Å². The Morgan fingerprint density at radius 2 is 1.79 bits per heavy atom. The first kappa shape index (κ1) is 11.4. The lowest BCUT2D eigenvalue weighted by Crippen LogP contribution is -2.11. The Balaban J connectivity index is 3.30. The minimum atomic E-state index is 0.0307. The van der Waals surface area contributed by atoms with E-state index in [1.165, 1.54) is 0 Å². The molecule has 1 aromatic carbocycles. The van der Waals surface area contributed by atoms with E-state index in [9.17, 15) is 5.11 Å². The van der Waals surface area contributed by atoms with Crippen molar-refractivity contribution in [1.82, 2.24) is 0 Å². The van der Waals surface area contributed by atoms with Crippen LogP contribution in [0.25, 0.3) is 0 Å². The van der Waals surface area contributed by atoms with E-state index >= 15 is 0 Å². The van der Waals surface area contributed by atoms with Crippen LogP contribution in [0.5, 0.6) is 5.75 Å². The van der Waals surface area contributed by atoms with Crippen molar-refractivity contribution in [1.29, 1.82) is 0 Å². The molecule has 2 nitrogen and oxygen atoms in total. The summed E-state index contributed by atoms with van der Waals surface area (Å²) in [5.74, 6) is 0.172. The average molecular weight is 212 g/mol. The van der Waals surface area contributed by atoms with Gasteiger partial charge in [0.1, 0.15) is 5.75 Å². The largest absolute Gasteiger partial charge is 0.506 e. The Kier molecular flexibility index (Phi) is 3.12. The first-order valence-electron chi connectivity index (χ1n) is 4.52. The Bertz CT molecular complexity index is 340. The molecule has 0 atom stereocenters. The van der Waals surface area contributed by atoms with E-state index in [1.807, 2.05) is 19.1 Å². The molecule has 14 heavy (non-hydrogen) atoms. The van der Waals surface area contributed by atoms with E-state index < -0.39 is 0 Å². The van der Waals surface area contributed by atoms with Crippen molar-refractivity contribution in [2.45, 2.75) is 38.0 Å². The molecule has 0 saturated heterocycles. The third kappa shape index (κ3) is 2.22. The molecular weight excluding hydrogens is 196 g/mol. The molecule has 0 amide bonds. The van der Waals surface area contributed by atoms with E-state index in [4.69, 9.17) is 4.55 Å². The number of aromatic hydroxyl groups is 1. The van der Waals surface area contributed by atoms with Crippen LogP contribution in [0.15, 0.2) is 17.0 Å². The molecule has 0 aliphatic carbocycles. The van der Waals surface area contributed by atoms with Gasteiger partial charge in [-0.3, -0.25) is 0 Å². The topological polar surface area (TPSA) is 40.5 Å². The van der Waals surface area contributed by atoms with Crippen LogP contribution in [0.1, 0.15) is 31.9 Å². The van der Waals surface area contributed by atoms with Crippen molar-refractivity contribution in [3.8, 4) is 5.75 Å². The van der Waals surface area contributed by atoms with Gasteiger partial charge in [0.15, 0.2) is 0 Å². The maximum Gasteiger partial charge on any atom is 0.134 e. The summed E-state index contributed by atoms with van der Waals surface area (Å²) in [5, 5.41) is 9.61. The van der Waals surface area contributed by atoms with Crippen LogP contribution in [-0.2, 0) is 5.41 Å². The highest BCUT2D eigenvalue weighted by Crippen LogP contribution is 2.34. The van der Waals surface area contributed by atoms with Crippen molar-refractivity contribution in [2.75, 3.05) is 0 Å². The first-order chi connectivity index (χ1) is 6.36. The van der Waals surface area contributed by atoms with Gasteiger partial charge in [-0.25, -0.2) is 0 Å². The Morgan fingerprint density at radius 1 is 1.21 bits per heavy atom. The summed E-state index contributed by atoms with van der Waals surface area (Å²) < 4.78 is 8.99. The van der Waals surface area contributed by atoms with Crippen molar-refractivity contribution >= 4 is 12.0 Å². The van der Waals surface area contributed by atoms with Crippen molar-refractivity contribution < 1.29 is 9.66 Å². The first-order valence-corrected chi connectivity index (χ1v) is 5.29. The highest BCUT2D eigenvalue weighted by Gasteiger charge is 2.17. The van der Waals surface area contributed by atoms with Crippen molar-refractivity contribution in [3.05, 3.63) is 23.3 Å². The molecule has 0 spiro atoms.